The third-order valence-electron chi connectivity index (χ3n) is 4.47. The highest BCUT2D eigenvalue weighted by Gasteiger charge is 2.21. The van der Waals surface area contributed by atoms with E-state index < -0.39 is 0 Å². The monoisotopic (exact) mass is 322 g/mol. The molecule has 1 saturated heterocycles. The van der Waals surface area contributed by atoms with Gasteiger partial charge in [0, 0.05) is 29.9 Å². The van der Waals surface area contributed by atoms with Gasteiger partial charge in [0.15, 0.2) is 0 Å². The lowest BCUT2D eigenvalue weighted by Crippen LogP contribution is -2.23. The zero-order valence-corrected chi connectivity index (χ0v) is 14.1. The molecule has 2 amide bonds. The molecule has 1 fully saturated rings. The van der Waals surface area contributed by atoms with Gasteiger partial charge < -0.3 is 10.2 Å². The van der Waals surface area contributed by atoms with E-state index in [0.29, 0.717) is 12.0 Å². The fourth-order valence-corrected chi connectivity index (χ4v) is 2.93. The first-order chi connectivity index (χ1) is 11.6. The van der Waals surface area contributed by atoms with Crippen LogP contribution in [-0.2, 0) is 11.2 Å². The lowest BCUT2D eigenvalue weighted by Gasteiger charge is -2.16. The Hall–Kier alpha value is -2.62. The van der Waals surface area contributed by atoms with E-state index in [9.17, 15) is 9.59 Å². The minimum atomic E-state index is -0.134. The number of hydrogen-bond acceptors (Lipinski definition) is 2. The number of benzene rings is 2. The molecular formula is C20H22N2O2. The van der Waals surface area contributed by atoms with E-state index in [0.717, 1.165) is 36.3 Å². The van der Waals surface area contributed by atoms with E-state index in [2.05, 4.69) is 18.3 Å². The molecule has 0 aliphatic carbocycles. The first-order valence-electron chi connectivity index (χ1n) is 8.40. The molecule has 124 valence electrons. The normalized spacial score (nSPS) is 14.1. The number of carbonyl (C=O) groups is 2. The van der Waals surface area contributed by atoms with Crippen LogP contribution in [0.15, 0.2) is 42.5 Å². The summed E-state index contributed by atoms with van der Waals surface area (Å²) in [6.07, 6.45) is 2.44. The van der Waals surface area contributed by atoms with Crippen molar-refractivity contribution in [2.75, 3.05) is 16.8 Å². The van der Waals surface area contributed by atoms with E-state index in [1.807, 2.05) is 31.2 Å². The van der Waals surface area contributed by atoms with Crippen LogP contribution >= 0.6 is 0 Å². The van der Waals surface area contributed by atoms with Crippen molar-refractivity contribution in [1.29, 1.82) is 0 Å². The van der Waals surface area contributed by atoms with Gasteiger partial charge in [-0.25, -0.2) is 0 Å². The maximum absolute atomic E-state index is 12.5. The summed E-state index contributed by atoms with van der Waals surface area (Å²) in [6.45, 7) is 4.83. The molecule has 4 heteroatoms. The van der Waals surface area contributed by atoms with Crippen molar-refractivity contribution >= 4 is 23.2 Å². The highest BCUT2D eigenvalue weighted by Crippen LogP contribution is 2.23. The number of hydrogen-bond donors (Lipinski definition) is 1. The van der Waals surface area contributed by atoms with Crippen molar-refractivity contribution in [3.63, 3.8) is 0 Å². The van der Waals surface area contributed by atoms with Crippen LogP contribution in [0.3, 0.4) is 0 Å². The highest BCUT2D eigenvalue weighted by atomic mass is 16.2. The third-order valence-corrected chi connectivity index (χ3v) is 4.47. The predicted octanol–water partition coefficient (Wildman–Crippen LogP) is 3.94. The smallest absolute Gasteiger partial charge is 0.255 e. The first kappa shape index (κ1) is 16.2. The fourth-order valence-electron chi connectivity index (χ4n) is 2.93. The van der Waals surface area contributed by atoms with E-state index in [1.54, 1.807) is 17.0 Å². The van der Waals surface area contributed by atoms with Crippen LogP contribution in [0.1, 0.15) is 41.3 Å². The van der Waals surface area contributed by atoms with E-state index >= 15 is 0 Å². The zero-order valence-electron chi connectivity index (χ0n) is 14.1. The molecule has 0 bridgehead atoms. The molecule has 1 N–H and O–H groups in total. The summed E-state index contributed by atoms with van der Waals surface area (Å²) >= 11 is 0. The van der Waals surface area contributed by atoms with E-state index in [4.69, 9.17) is 0 Å². The number of nitrogens with one attached hydrogen (secondary N) is 1. The maximum Gasteiger partial charge on any atom is 0.255 e. The maximum atomic E-state index is 12.5. The van der Waals surface area contributed by atoms with Gasteiger partial charge in [0.05, 0.1) is 0 Å². The summed E-state index contributed by atoms with van der Waals surface area (Å²) in [5.74, 6) is 0.0184. The Bertz CT molecular complexity index is 766. The Morgan fingerprint density at radius 3 is 2.54 bits per heavy atom. The molecule has 1 aliphatic rings. The number of anilines is 2. The van der Waals surface area contributed by atoms with E-state index in [1.165, 1.54) is 5.56 Å². The number of aryl methyl sites for hydroxylation is 2. The Balaban J connectivity index is 1.75. The molecule has 0 spiro atoms. The van der Waals surface area contributed by atoms with Crippen molar-refractivity contribution in [3.05, 3.63) is 59.2 Å². The summed E-state index contributed by atoms with van der Waals surface area (Å²) in [5.41, 5.74) is 4.53. The van der Waals surface area contributed by atoms with Gasteiger partial charge in [0.2, 0.25) is 5.91 Å². The SMILES string of the molecule is CCc1ccc(C)c(NC(=O)c2ccc(N3CCCC3=O)cc2)c1. The topological polar surface area (TPSA) is 49.4 Å². The molecule has 0 aromatic heterocycles. The molecule has 0 radical (unpaired) electrons. The van der Waals surface area contributed by atoms with Crippen LogP contribution in [0.5, 0.6) is 0 Å². The van der Waals surface area contributed by atoms with Crippen molar-refractivity contribution in [1.82, 2.24) is 0 Å². The van der Waals surface area contributed by atoms with Crippen LogP contribution in [0, 0.1) is 6.92 Å². The molecule has 0 saturated carbocycles. The average molecular weight is 322 g/mol. The molecular weight excluding hydrogens is 300 g/mol. The Kier molecular flexibility index (Phi) is 4.65. The summed E-state index contributed by atoms with van der Waals surface area (Å²) in [6, 6.07) is 13.3. The molecule has 4 nitrogen and oxygen atoms in total. The van der Waals surface area contributed by atoms with Crippen LogP contribution in [-0.4, -0.2) is 18.4 Å². The first-order valence-corrected chi connectivity index (χ1v) is 8.40. The number of nitrogens with zero attached hydrogens (tertiary/aromatic N) is 1. The number of rotatable bonds is 4. The second kappa shape index (κ2) is 6.87. The second-order valence-electron chi connectivity index (χ2n) is 6.15. The molecule has 3 rings (SSSR count). The molecule has 2 aromatic rings. The van der Waals surface area contributed by atoms with Crippen LogP contribution in [0.2, 0.25) is 0 Å². The van der Waals surface area contributed by atoms with Crippen LogP contribution < -0.4 is 10.2 Å². The van der Waals surface area contributed by atoms with Crippen LogP contribution in [0.4, 0.5) is 11.4 Å². The van der Waals surface area contributed by atoms with Gasteiger partial charge in [-0.05, 0) is 61.2 Å². The molecule has 0 unspecified atom stereocenters. The van der Waals surface area contributed by atoms with Crippen molar-refractivity contribution in [2.45, 2.75) is 33.1 Å². The lowest BCUT2D eigenvalue weighted by atomic mass is 10.1. The minimum absolute atomic E-state index is 0.134. The Morgan fingerprint density at radius 2 is 1.92 bits per heavy atom. The summed E-state index contributed by atoms with van der Waals surface area (Å²) < 4.78 is 0. The Morgan fingerprint density at radius 1 is 1.17 bits per heavy atom. The molecule has 2 aromatic carbocycles. The van der Waals surface area contributed by atoms with E-state index in [-0.39, 0.29) is 11.8 Å². The van der Waals surface area contributed by atoms with Gasteiger partial charge in [0.1, 0.15) is 0 Å². The van der Waals surface area contributed by atoms with Gasteiger partial charge in [-0.15, -0.1) is 0 Å². The van der Waals surface area contributed by atoms with Gasteiger partial charge in [-0.2, -0.15) is 0 Å². The predicted molar refractivity (Wildman–Crippen MR) is 96.5 cm³/mol. The minimum Gasteiger partial charge on any atom is -0.322 e. The second-order valence-corrected chi connectivity index (χ2v) is 6.15. The molecule has 1 heterocycles. The average Bonchev–Trinajstić information content (AvgIpc) is 3.03. The van der Waals surface area contributed by atoms with Crippen molar-refractivity contribution < 1.29 is 9.59 Å². The highest BCUT2D eigenvalue weighted by molar-refractivity contribution is 6.05. The lowest BCUT2D eigenvalue weighted by molar-refractivity contribution is -0.117. The van der Waals surface area contributed by atoms with Crippen molar-refractivity contribution in [3.8, 4) is 0 Å². The van der Waals surface area contributed by atoms with Gasteiger partial charge in [-0.1, -0.05) is 19.1 Å². The molecule has 24 heavy (non-hydrogen) atoms. The largest absolute Gasteiger partial charge is 0.322 e. The number of amides is 2. The quantitative estimate of drug-likeness (QED) is 0.927. The van der Waals surface area contributed by atoms with Crippen molar-refractivity contribution in [2.24, 2.45) is 0 Å². The van der Waals surface area contributed by atoms with Gasteiger partial charge in [0.25, 0.3) is 5.91 Å². The van der Waals surface area contributed by atoms with Crippen LogP contribution in [0.25, 0.3) is 0 Å². The van der Waals surface area contributed by atoms with Gasteiger partial charge in [-0.3, -0.25) is 9.59 Å². The standard InChI is InChI=1S/C20H22N2O2/c1-3-15-7-6-14(2)18(13-15)21-20(24)16-8-10-17(11-9-16)22-12-4-5-19(22)23/h6-11,13H,3-5,12H2,1-2H3,(H,21,24). The number of carbonyl (C=O) groups excluding carboxylic acids is 2. The zero-order chi connectivity index (χ0) is 17.1. The molecule has 0 atom stereocenters. The van der Waals surface area contributed by atoms with Gasteiger partial charge >= 0.3 is 0 Å². The third kappa shape index (κ3) is 3.32. The summed E-state index contributed by atoms with van der Waals surface area (Å²) in [7, 11) is 0. The summed E-state index contributed by atoms with van der Waals surface area (Å²) in [5, 5.41) is 2.98. The summed E-state index contributed by atoms with van der Waals surface area (Å²) in [4.78, 5) is 26.0. The molecule has 1 aliphatic heterocycles. The fraction of sp³-hybridized carbons (Fsp3) is 0.300. The Labute approximate surface area is 142 Å².